The van der Waals surface area contributed by atoms with Gasteiger partial charge in [0.05, 0.1) is 22.3 Å². The molecule has 9 heteroatoms. The molecule has 0 unspecified atom stereocenters. The van der Waals surface area contributed by atoms with Crippen LogP contribution in [0.4, 0.5) is 8.78 Å². The second kappa shape index (κ2) is 6.90. The van der Waals surface area contributed by atoms with Crippen molar-refractivity contribution in [2.45, 2.75) is 31.2 Å². The Kier molecular flexibility index (Phi) is 4.54. The number of hydrogen-bond donors (Lipinski definition) is 2. The van der Waals surface area contributed by atoms with Crippen LogP contribution in [0.3, 0.4) is 0 Å². The number of pyridine rings is 1. The van der Waals surface area contributed by atoms with E-state index in [-0.39, 0.29) is 30.0 Å². The van der Waals surface area contributed by atoms with Crippen LogP contribution in [-0.2, 0) is 0 Å². The third kappa shape index (κ3) is 3.11. The molecule has 0 spiro atoms. The van der Waals surface area contributed by atoms with Crippen LogP contribution in [0, 0.1) is 5.41 Å². The van der Waals surface area contributed by atoms with Crippen LogP contribution < -0.4 is 5.32 Å². The molecule has 1 saturated carbocycles. The normalized spacial score (nSPS) is 18.9. The van der Waals surface area contributed by atoms with Gasteiger partial charge in [0.1, 0.15) is 6.04 Å². The largest absolute Gasteiger partial charge is 0.336 e. The van der Waals surface area contributed by atoms with Gasteiger partial charge in [-0.15, -0.1) is 11.3 Å². The Morgan fingerprint density at radius 1 is 1.46 bits per heavy atom. The van der Waals surface area contributed by atoms with E-state index < -0.39 is 17.9 Å². The Morgan fingerprint density at radius 2 is 2.29 bits per heavy atom. The molecule has 0 radical (unpaired) electrons. The maximum atomic E-state index is 14.1. The van der Waals surface area contributed by atoms with E-state index in [4.69, 9.17) is 5.41 Å². The van der Waals surface area contributed by atoms with Crippen molar-refractivity contribution in [3.05, 3.63) is 47.1 Å². The molecule has 1 atom stereocenters. The Balaban J connectivity index is 1.67. The molecule has 0 saturated heterocycles. The van der Waals surface area contributed by atoms with Crippen molar-refractivity contribution >= 4 is 34.5 Å². The van der Waals surface area contributed by atoms with Gasteiger partial charge < -0.3 is 10.7 Å². The molecule has 1 fully saturated rings. The molecule has 3 aromatic heterocycles. The van der Waals surface area contributed by atoms with Crippen molar-refractivity contribution in [1.29, 1.82) is 5.41 Å². The molecule has 0 bridgehead atoms. The third-order valence-electron chi connectivity index (χ3n) is 4.72. The van der Waals surface area contributed by atoms with E-state index in [2.05, 4.69) is 22.0 Å². The topological polar surface area (TPSA) is 83.1 Å². The number of alkyl halides is 2. The molecular weight excluding hydrogens is 384 g/mol. The summed E-state index contributed by atoms with van der Waals surface area (Å²) in [6, 6.07) is 3.99. The first kappa shape index (κ1) is 18.4. The van der Waals surface area contributed by atoms with Crippen LogP contribution >= 0.6 is 11.3 Å². The molecular formula is C19H17F2N5OS. The fourth-order valence-electron chi connectivity index (χ4n) is 3.32. The van der Waals surface area contributed by atoms with Gasteiger partial charge in [-0.1, -0.05) is 12.6 Å². The number of carbonyl (C=O) groups is 1. The number of rotatable bonds is 4. The van der Waals surface area contributed by atoms with E-state index in [9.17, 15) is 13.6 Å². The van der Waals surface area contributed by atoms with Crippen LogP contribution in [0.1, 0.15) is 33.9 Å². The minimum Gasteiger partial charge on any atom is -0.336 e. The zero-order valence-electron chi connectivity index (χ0n) is 14.8. The number of aromatic nitrogens is 3. The maximum absolute atomic E-state index is 14.1. The van der Waals surface area contributed by atoms with Gasteiger partial charge in [0.25, 0.3) is 11.8 Å². The summed E-state index contributed by atoms with van der Waals surface area (Å²) in [6.07, 6.45) is 5.17. The summed E-state index contributed by atoms with van der Waals surface area (Å²) in [5, 5.41) is 14.4. The molecule has 3 aromatic rings. The number of fused-ring (bicyclic) bond motifs is 1. The first-order chi connectivity index (χ1) is 13.4. The predicted molar refractivity (Wildman–Crippen MR) is 104 cm³/mol. The van der Waals surface area contributed by atoms with Gasteiger partial charge in [0.2, 0.25) is 0 Å². The summed E-state index contributed by atoms with van der Waals surface area (Å²) in [4.78, 5) is 17.6. The second-order valence-electron chi connectivity index (χ2n) is 6.57. The standard InChI is InChI=1S/C19H17F2N5OS/c1-2-14-15(11-10-23-26-9-4-3-7-13(11)26)24-18(28-14)17(27)25-16-12(22)6-5-8-19(16,20)21/h2-4,7,9-10,16,22H,1,5-6,8H2,(H,25,27)/t16-/m1/s1. The molecule has 1 aliphatic carbocycles. The average molecular weight is 401 g/mol. The minimum absolute atomic E-state index is 0.0503. The lowest BCUT2D eigenvalue weighted by Gasteiger charge is -2.32. The van der Waals surface area contributed by atoms with E-state index in [1.165, 1.54) is 0 Å². The SMILES string of the molecule is C=Cc1sc(C(=O)N[C@@H]2C(=N)CCCC2(F)F)nc1-c1cnn2ccccc12. The lowest BCUT2D eigenvalue weighted by atomic mass is 9.89. The molecule has 6 nitrogen and oxygen atoms in total. The second-order valence-corrected chi connectivity index (χ2v) is 7.60. The number of nitrogens with one attached hydrogen (secondary N) is 2. The summed E-state index contributed by atoms with van der Waals surface area (Å²) in [6.45, 7) is 3.76. The number of nitrogens with zero attached hydrogens (tertiary/aromatic N) is 3. The van der Waals surface area contributed by atoms with Crippen LogP contribution in [0.2, 0.25) is 0 Å². The number of amides is 1. The van der Waals surface area contributed by atoms with Crippen LogP contribution in [0.15, 0.2) is 37.2 Å². The predicted octanol–water partition coefficient (Wildman–Crippen LogP) is 4.04. The zero-order chi connectivity index (χ0) is 19.9. The van der Waals surface area contributed by atoms with Gasteiger partial charge in [-0.2, -0.15) is 5.10 Å². The first-order valence-corrected chi connectivity index (χ1v) is 9.54. The number of halogens is 2. The van der Waals surface area contributed by atoms with Crippen molar-refractivity contribution in [2.75, 3.05) is 0 Å². The van der Waals surface area contributed by atoms with Gasteiger partial charge in [-0.05, 0) is 31.1 Å². The molecule has 2 N–H and O–H groups in total. The fourth-order valence-corrected chi connectivity index (χ4v) is 4.15. The molecule has 1 amide bonds. The summed E-state index contributed by atoms with van der Waals surface area (Å²) in [5.41, 5.74) is 1.90. The molecule has 28 heavy (non-hydrogen) atoms. The van der Waals surface area contributed by atoms with Crippen molar-refractivity contribution in [2.24, 2.45) is 0 Å². The summed E-state index contributed by atoms with van der Waals surface area (Å²) in [7, 11) is 0. The van der Waals surface area contributed by atoms with Crippen molar-refractivity contribution in [3.8, 4) is 11.3 Å². The van der Waals surface area contributed by atoms with Gasteiger partial charge in [-0.3, -0.25) is 4.79 Å². The fraction of sp³-hybridized carbons (Fsp3) is 0.263. The lowest BCUT2D eigenvalue weighted by Crippen LogP contribution is -2.54. The smallest absolute Gasteiger partial charge is 0.281 e. The van der Waals surface area contributed by atoms with E-state index in [0.717, 1.165) is 22.4 Å². The van der Waals surface area contributed by atoms with Crippen LogP contribution in [0.5, 0.6) is 0 Å². The Bertz CT molecular complexity index is 1090. The molecule has 3 heterocycles. The van der Waals surface area contributed by atoms with Gasteiger partial charge in [-0.25, -0.2) is 18.3 Å². The third-order valence-corrected chi connectivity index (χ3v) is 5.77. The van der Waals surface area contributed by atoms with E-state index in [1.807, 2.05) is 18.2 Å². The maximum Gasteiger partial charge on any atom is 0.281 e. The molecule has 1 aliphatic rings. The molecule has 0 aliphatic heterocycles. The summed E-state index contributed by atoms with van der Waals surface area (Å²) < 4.78 is 30.0. The first-order valence-electron chi connectivity index (χ1n) is 8.72. The molecule has 4 rings (SSSR count). The monoisotopic (exact) mass is 401 g/mol. The van der Waals surface area contributed by atoms with Gasteiger partial charge in [0, 0.05) is 23.9 Å². The quantitative estimate of drug-likeness (QED) is 0.692. The highest BCUT2D eigenvalue weighted by Crippen LogP contribution is 2.34. The number of carbonyl (C=O) groups excluding carboxylic acids is 1. The van der Waals surface area contributed by atoms with E-state index >= 15 is 0 Å². The van der Waals surface area contributed by atoms with Crippen LogP contribution in [-0.4, -0.2) is 38.2 Å². The highest BCUT2D eigenvalue weighted by Gasteiger charge is 2.45. The average Bonchev–Trinajstić information content (AvgIpc) is 3.28. The Labute approximate surface area is 163 Å². The van der Waals surface area contributed by atoms with Gasteiger partial charge >= 0.3 is 0 Å². The van der Waals surface area contributed by atoms with Crippen molar-refractivity contribution in [3.63, 3.8) is 0 Å². The zero-order valence-corrected chi connectivity index (χ0v) is 15.6. The Hall–Kier alpha value is -2.94. The van der Waals surface area contributed by atoms with Crippen molar-refractivity contribution in [1.82, 2.24) is 19.9 Å². The van der Waals surface area contributed by atoms with Crippen molar-refractivity contribution < 1.29 is 13.6 Å². The van der Waals surface area contributed by atoms with Crippen LogP contribution in [0.25, 0.3) is 22.9 Å². The summed E-state index contributed by atoms with van der Waals surface area (Å²) in [5.74, 6) is -3.85. The molecule has 0 aromatic carbocycles. The minimum atomic E-state index is -3.13. The lowest BCUT2D eigenvalue weighted by molar-refractivity contribution is -0.0312. The van der Waals surface area contributed by atoms with E-state index in [1.54, 1.807) is 23.0 Å². The molecule has 144 valence electrons. The Morgan fingerprint density at radius 3 is 3.04 bits per heavy atom. The van der Waals surface area contributed by atoms with Gasteiger partial charge in [0.15, 0.2) is 5.01 Å². The van der Waals surface area contributed by atoms with E-state index in [0.29, 0.717) is 10.6 Å². The number of thiazole rings is 1. The summed E-state index contributed by atoms with van der Waals surface area (Å²) >= 11 is 1.07. The highest BCUT2D eigenvalue weighted by atomic mass is 32.1. The highest BCUT2D eigenvalue weighted by molar-refractivity contribution is 7.15. The number of hydrogen-bond acceptors (Lipinski definition) is 5.